The van der Waals surface area contributed by atoms with E-state index in [-0.39, 0.29) is 5.25 Å². The summed E-state index contributed by atoms with van der Waals surface area (Å²) in [5.41, 5.74) is 7.32. The zero-order valence-electron chi connectivity index (χ0n) is 11.0. The zero-order chi connectivity index (χ0) is 13.8. The number of hydrogen-bond acceptors (Lipinski definition) is 5. The molecular weight excluding hydrogens is 262 g/mol. The number of rotatable bonds is 5. The fourth-order valence-electron chi connectivity index (χ4n) is 1.71. The first-order chi connectivity index (χ1) is 9.08. The van der Waals surface area contributed by atoms with Gasteiger partial charge in [0.15, 0.2) is 5.82 Å². The molecule has 1 heterocycles. The molecule has 0 radical (unpaired) electrons. The molecule has 0 aliphatic rings. The standard InChI is InChI=1S/C12H17N5OS/c1-9(19(2)18)6-7-17-12(14-15-16-17)10-4-3-5-11(13)8-10/h3-5,8-9H,6-7,13H2,1-2H3. The predicted octanol–water partition coefficient (Wildman–Crippen LogP) is 1.08. The smallest absolute Gasteiger partial charge is 0.182 e. The van der Waals surface area contributed by atoms with Crippen molar-refractivity contribution in [3.05, 3.63) is 24.3 Å². The van der Waals surface area contributed by atoms with E-state index in [9.17, 15) is 4.21 Å². The van der Waals surface area contributed by atoms with Gasteiger partial charge in [0.2, 0.25) is 0 Å². The van der Waals surface area contributed by atoms with Crippen LogP contribution in [0.2, 0.25) is 0 Å². The Morgan fingerprint density at radius 3 is 2.95 bits per heavy atom. The van der Waals surface area contributed by atoms with Gasteiger partial charge in [-0.2, -0.15) is 0 Å². The van der Waals surface area contributed by atoms with Crippen LogP contribution in [0.3, 0.4) is 0 Å². The van der Waals surface area contributed by atoms with Crippen LogP contribution in [0.25, 0.3) is 11.4 Å². The Bertz CT molecular complexity index is 583. The third-order valence-corrected chi connectivity index (χ3v) is 4.36. The first-order valence-corrected chi connectivity index (χ1v) is 7.64. The van der Waals surface area contributed by atoms with E-state index in [2.05, 4.69) is 15.5 Å². The summed E-state index contributed by atoms with van der Waals surface area (Å²) >= 11 is 0. The number of aromatic nitrogens is 4. The summed E-state index contributed by atoms with van der Waals surface area (Å²) in [5, 5.41) is 11.8. The van der Waals surface area contributed by atoms with Crippen molar-refractivity contribution in [3.63, 3.8) is 0 Å². The molecule has 2 aromatic rings. The summed E-state index contributed by atoms with van der Waals surface area (Å²) in [6.45, 7) is 2.60. The van der Waals surface area contributed by atoms with Crippen LogP contribution in [0.5, 0.6) is 0 Å². The number of nitrogens with zero attached hydrogens (tertiary/aromatic N) is 4. The number of benzene rings is 1. The largest absolute Gasteiger partial charge is 0.399 e. The van der Waals surface area contributed by atoms with Gasteiger partial charge in [-0.3, -0.25) is 4.21 Å². The third kappa shape index (κ3) is 3.37. The molecule has 2 unspecified atom stereocenters. The van der Waals surface area contributed by atoms with E-state index in [1.807, 2.05) is 31.2 Å². The maximum absolute atomic E-state index is 11.3. The Hall–Kier alpha value is -1.76. The van der Waals surface area contributed by atoms with Gasteiger partial charge >= 0.3 is 0 Å². The van der Waals surface area contributed by atoms with Gasteiger partial charge in [-0.05, 0) is 29.0 Å². The van der Waals surface area contributed by atoms with Crippen molar-refractivity contribution in [2.24, 2.45) is 0 Å². The van der Waals surface area contributed by atoms with E-state index in [1.165, 1.54) is 0 Å². The van der Waals surface area contributed by atoms with Gasteiger partial charge in [-0.1, -0.05) is 19.1 Å². The van der Waals surface area contributed by atoms with Gasteiger partial charge in [0.1, 0.15) is 0 Å². The Labute approximate surface area is 114 Å². The van der Waals surface area contributed by atoms with E-state index >= 15 is 0 Å². The Kier molecular flexibility index (Phi) is 4.26. The maximum Gasteiger partial charge on any atom is 0.182 e. The van der Waals surface area contributed by atoms with Crippen LogP contribution in [0.15, 0.2) is 24.3 Å². The highest BCUT2D eigenvalue weighted by molar-refractivity contribution is 7.84. The van der Waals surface area contributed by atoms with Crippen molar-refractivity contribution < 1.29 is 4.21 Å². The van der Waals surface area contributed by atoms with E-state index in [0.29, 0.717) is 18.1 Å². The Morgan fingerprint density at radius 2 is 2.26 bits per heavy atom. The number of hydrogen-bond donors (Lipinski definition) is 1. The van der Waals surface area contributed by atoms with Crippen molar-refractivity contribution in [2.45, 2.75) is 25.1 Å². The lowest BCUT2D eigenvalue weighted by Crippen LogP contribution is -2.14. The van der Waals surface area contributed by atoms with Crippen LogP contribution < -0.4 is 5.73 Å². The van der Waals surface area contributed by atoms with E-state index < -0.39 is 10.8 Å². The average Bonchev–Trinajstić information content (AvgIpc) is 2.84. The molecule has 0 amide bonds. The van der Waals surface area contributed by atoms with Crippen molar-refractivity contribution in [3.8, 4) is 11.4 Å². The lowest BCUT2D eigenvalue weighted by Gasteiger charge is -2.09. The van der Waals surface area contributed by atoms with Crippen LogP contribution in [0.4, 0.5) is 5.69 Å². The molecule has 0 saturated heterocycles. The highest BCUT2D eigenvalue weighted by Crippen LogP contribution is 2.18. The molecule has 0 fully saturated rings. The SMILES string of the molecule is CC(CCn1nnnc1-c1cccc(N)c1)S(C)=O. The molecule has 0 bridgehead atoms. The molecule has 2 rings (SSSR count). The monoisotopic (exact) mass is 279 g/mol. The lowest BCUT2D eigenvalue weighted by molar-refractivity contribution is 0.556. The molecule has 0 aliphatic heterocycles. The molecule has 19 heavy (non-hydrogen) atoms. The summed E-state index contributed by atoms with van der Waals surface area (Å²) in [6.07, 6.45) is 2.48. The number of tetrazole rings is 1. The highest BCUT2D eigenvalue weighted by atomic mass is 32.2. The van der Waals surface area contributed by atoms with Gasteiger partial charge in [-0.25, -0.2) is 4.68 Å². The van der Waals surface area contributed by atoms with Crippen LogP contribution >= 0.6 is 0 Å². The predicted molar refractivity (Wildman–Crippen MR) is 75.8 cm³/mol. The molecule has 6 nitrogen and oxygen atoms in total. The highest BCUT2D eigenvalue weighted by Gasteiger charge is 2.12. The number of nitrogen functional groups attached to an aromatic ring is 1. The fourth-order valence-corrected chi connectivity index (χ4v) is 2.15. The first-order valence-electron chi connectivity index (χ1n) is 6.02. The van der Waals surface area contributed by atoms with Crippen LogP contribution in [-0.4, -0.2) is 35.9 Å². The molecule has 102 valence electrons. The van der Waals surface area contributed by atoms with E-state index in [4.69, 9.17) is 5.73 Å². The normalized spacial score (nSPS) is 14.2. The lowest BCUT2D eigenvalue weighted by atomic mass is 10.2. The number of anilines is 1. The number of nitrogens with two attached hydrogens (primary N) is 1. The molecule has 7 heteroatoms. The topological polar surface area (TPSA) is 86.7 Å². The maximum atomic E-state index is 11.3. The van der Waals surface area contributed by atoms with Crippen molar-refractivity contribution in [1.82, 2.24) is 20.2 Å². The molecule has 0 aliphatic carbocycles. The van der Waals surface area contributed by atoms with Crippen LogP contribution in [0.1, 0.15) is 13.3 Å². The number of aryl methyl sites for hydroxylation is 1. The molecule has 0 spiro atoms. The van der Waals surface area contributed by atoms with Gasteiger partial charge < -0.3 is 5.73 Å². The summed E-state index contributed by atoms with van der Waals surface area (Å²) in [5.74, 6) is 0.682. The van der Waals surface area contributed by atoms with E-state index in [1.54, 1.807) is 10.9 Å². The molecule has 2 N–H and O–H groups in total. The first kappa shape index (κ1) is 13.7. The molecule has 2 atom stereocenters. The average molecular weight is 279 g/mol. The molecular formula is C12H17N5OS. The van der Waals surface area contributed by atoms with Gasteiger partial charge in [-0.15, -0.1) is 5.10 Å². The second-order valence-electron chi connectivity index (χ2n) is 4.45. The van der Waals surface area contributed by atoms with Crippen LogP contribution in [-0.2, 0) is 17.3 Å². The quantitative estimate of drug-likeness (QED) is 0.828. The van der Waals surface area contributed by atoms with Crippen LogP contribution in [0, 0.1) is 0 Å². The van der Waals surface area contributed by atoms with Gasteiger partial charge in [0.05, 0.1) is 0 Å². The summed E-state index contributed by atoms with van der Waals surface area (Å²) in [7, 11) is -0.829. The minimum Gasteiger partial charge on any atom is -0.399 e. The Balaban J connectivity index is 2.16. The summed E-state index contributed by atoms with van der Waals surface area (Å²) in [4.78, 5) is 0. The summed E-state index contributed by atoms with van der Waals surface area (Å²) in [6, 6.07) is 7.44. The van der Waals surface area contributed by atoms with Gasteiger partial charge in [0, 0.05) is 40.1 Å². The van der Waals surface area contributed by atoms with Crippen molar-refractivity contribution in [1.29, 1.82) is 0 Å². The minimum atomic E-state index is -0.829. The molecule has 0 saturated carbocycles. The second kappa shape index (κ2) is 5.92. The second-order valence-corrected chi connectivity index (χ2v) is 6.25. The minimum absolute atomic E-state index is 0.123. The zero-order valence-corrected chi connectivity index (χ0v) is 11.8. The van der Waals surface area contributed by atoms with Crippen molar-refractivity contribution >= 4 is 16.5 Å². The molecule has 1 aromatic carbocycles. The third-order valence-electron chi connectivity index (χ3n) is 2.99. The summed E-state index contributed by atoms with van der Waals surface area (Å²) < 4.78 is 13.1. The molecule has 1 aromatic heterocycles. The van der Waals surface area contributed by atoms with E-state index in [0.717, 1.165) is 12.0 Å². The fraction of sp³-hybridized carbons (Fsp3) is 0.417. The van der Waals surface area contributed by atoms with Crippen molar-refractivity contribution in [2.75, 3.05) is 12.0 Å². The Morgan fingerprint density at radius 1 is 1.47 bits per heavy atom. The van der Waals surface area contributed by atoms with Gasteiger partial charge in [0.25, 0.3) is 0 Å².